The Labute approximate surface area is 93.6 Å². The van der Waals surface area contributed by atoms with Crippen LogP contribution in [0.3, 0.4) is 0 Å². The number of hydrogen-bond donors (Lipinski definition) is 2. The first-order valence-electron chi connectivity index (χ1n) is 4.96. The van der Waals surface area contributed by atoms with Gasteiger partial charge in [0.2, 0.25) is 5.91 Å². The van der Waals surface area contributed by atoms with Gasteiger partial charge in [-0.3, -0.25) is 4.79 Å². The number of rotatable bonds is 2. The number of carbonyl (C=O) groups is 1. The fraction of sp³-hybridized carbons (Fsp3) is 0.364. The van der Waals surface area contributed by atoms with Gasteiger partial charge >= 0.3 is 0 Å². The average molecular weight is 225 g/mol. The van der Waals surface area contributed by atoms with Gasteiger partial charge in [0.25, 0.3) is 0 Å². The first-order valence-corrected chi connectivity index (χ1v) is 5.33. The highest BCUT2D eigenvalue weighted by Crippen LogP contribution is 2.29. The van der Waals surface area contributed by atoms with E-state index in [4.69, 9.17) is 17.3 Å². The normalized spacial score (nSPS) is 20.4. The Hall–Kier alpha value is -1.06. The van der Waals surface area contributed by atoms with Crippen LogP contribution in [0.1, 0.15) is 23.5 Å². The second-order valence-corrected chi connectivity index (χ2v) is 4.17. The van der Waals surface area contributed by atoms with Crippen molar-refractivity contribution in [2.45, 2.75) is 18.9 Å². The smallest absolute Gasteiger partial charge is 0.220 e. The predicted molar refractivity (Wildman–Crippen MR) is 59.7 cm³/mol. The molecule has 1 heterocycles. The van der Waals surface area contributed by atoms with Crippen LogP contribution in [0.4, 0.5) is 0 Å². The molecule has 15 heavy (non-hydrogen) atoms. The van der Waals surface area contributed by atoms with E-state index in [2.05, 4.69) is 5.32 Å². The molecule has 0 aliphatic carbocycles. The summed E-state index contributed by atoms with van der Waals surface area (Å²) < 4.78 is 0. The molecule has 1 fully saturated rings. The Morgan fingerprint density at radius 1 is 1.53 bits per heavy atom. The van der Waals surface area contributed by atoms with Crippen LogP contribution in [-0.4, -0.2) is 12.5 Å². The van der Waals surface area contributed by atoms with Gasteiger partial charge in [-0.25, -0.2) is 0 Å². The Morgan fingerprint density at radius 3 is 2.87 bits per heavy atom. The van der Waals surface area contributed by atoms with E-state index in [0.717, 1.165) is 11.1 Å². The van der Waals surface area contributed by atoms with Crippen molar-refractivity contribution in [3.63, 3.8) is 0 Å². The monoisotopic (exact) mass is 224 g/mol. The summed E-state index contributed by atoms with van der Waals surface area (Å²) in [7, 11) is 0. The Kier molecular flexibility index (Phi) is 2.93. The van der Waals surface area contributed by atoms with Crippen LogP contribution in [0.25, 0.3) is 0 Å². The molecule has 0 radical (unpaired) electrons. The predicted octanol–water partition coefficient (Wildman–Crippen LogP) is 1.40. The number of nitrogens with two attached hydrogens (primary N) is 1. The summed E-state index contributed by atoms with van der Waals surface area (Å²) >= 11 is 6.14. The zero-order valence-corrected chi connectivity index (χ0v) is 9.05. The third-order valence-electron chi connectivity index (χ3n) is 2.72. The fourth-order valence-corrected chi connectivity index (χ4v) is 2.21. The number of carbonyl (C=O) groups excluding carboxylic acids is 1. The molecule has 0 saturated carbocycles. The van der Waals surface area contributed by atoms with E-state index in [1.54, 1.807) is 0 Å². The number of hydrogen-bond acceptors (Lipinski definition) is 2. The molecule has 1 saturated heterocycles. The molecule has 1 aromatic rings. The van der Waals surface area contributed by atoms with Crippen LogP contribution in [0.15, 0.2) is 18.2 Å². The van der Waals surface area contributed by atoms with Crippen LogP contribution < -0.4 is 11.1 Å². The largest absolute Gasteiger partial charge is 0.355 e. The van der Waals surface area contributed by atoms with Gasteiger partial charge in [0.1, 0.15) is 0 Å². The van der Waals surface area contributed by atoms with Crippen LogP contribution in [0.2, 0.25) is 5.02 Å². The van der Waals surface area contributed by atoms with Crippen LogP contribution in [0.5, 0.6) is 0 Å². The highest BCUT2D eigenvalue weighted by atomic mass is 35.5. The molecule has 3 nitrogen and oxygen atoms in total. The third-order valence-corrected chi connectivity index (χ3v) is 3.05. The minimum atomic E-state index is 0.0963. The van der Waals surface area contributed by atoms with Crippen molar-refractivity contribution in [3.8, 4) is 0 Å². The maximum absolute atomic E-state index is 11.1. The lowest BCUT2D eigenvalue weighted by Crippen LogP contribution is -2.13. The van der Waals surface area contributed by atoms with Gasteiger partial charge in [-0.2, -0.15) is 0 Å². The number of amides is 1. The van der Waals surface area contributed by atoms with E-state index in [-0.39, 0.29) is 11.8 Å². The number of nitrogens with one attached hydrogen (secondary N) is 1. The van der Waals surface area contributed by atoms with Gasteiger partial charge in [-0.15, -0.1) is 0 Å². The molecule has 1 aliphatic heterocycles. The topological polar surface area (TPSA) is 55.1 Å². The molecule has 80 valence electrons. The van der Waals surface area contributed by atoms with Crippen molar-refractivity contribution in [1.29, 1.82) is 0 Å². The molecule has 3 N–H and O–H groups in total. The molecule has 1 atom stereocenters. The SMILES string of the molecule is NCc1ccc([C@H]2CNC(=O)C2)c(Cl)c1. The maximum atomic E-state index is 11.1. The summed E-state index contributed by atoms with van der Waals surface area (Å²) in [6.07, 6.45) is 0.529. The Balaban J connectivity index is 2.25. The molecule has 0 bridgehead atoms. The highest BCUT2D eigenvalue weighted by Gasteiger charge is 2.24. The summed E-state index contributed by atoms with van der Waals surface area (Å²) in [5.41, 5.74) is 7.57. The van der Waals surface area contributed by atoms with E-state index in [1.807, 2.05) is 18.2 Å². The molecule has 4 heteroatoms. The molecule has 2 rings (SSSR count). The molecule has 1 amide bonds. The minimum Gasteiger partial charge on any atom is -0.355 e. The first-order chi connectivity index (χ1) is 7.20. The zero-order valence-electron chi connectivity index (χ0n) is 8.29. The van der Waals surface area contributed by atoms with Gasteiger partial charge in [0.15, 0.2) is 0 Å². The average Bonchev–Trinajstić information content (AvgIpc) is 2.64. The van der Waals surface area contributed by atoms with Crippen molar-refractivity contribution in [2.24, 2.45) is 5.73 Å². The Morgan fingerprint density at radius 2 is 2.33 bits per heavy atom. The zero-order chi connectivity index (χ0) is 10.8. The second-order valence-electron chi connectivity index (χ2n) is 3.77. The van der Waals surface area contributed by atoms with Gasteiger partial charge < -0.3 is 11.1 Å². The van der Waals surface area contributed by atoms with Crippen molar-refractivity contribution in [3.05, 3.63) is 34.3 Å². The van der Waals surface area contributed by atoms with Gasteiger partial charge in [0.05, 0.1) is 0 Å². The van der Waals surface area contributed by atoms with E-state index < -0.39 is 0 Å². The second kappa shape index (κ2) is 4.21. The molecule has 0 spiro atoms. The quantitative estimate of drug-likeness (QED) is 0.798. The Bertz CT molecular complexity index is 392. The lowest BCUT2D eigenvalue weighted by atomic mass is 9.97. The van der Waals surface area contributed by atoms with Crippen molar-refractivity contribution in [2.75, 3.05) is 6.54 Å². The van der Waals surface area contributed by atoms with E-state index in [0.29, 0.717) is 24.5 Å². The highest BCUT2D eigenvalue weighted by molar-refractivity contribution is 6.31. The maximum Gasteiger partial charge on any atom is 0.220 e. The van der Waals surface area contributed by atoms with Crippen LogP contribution in [0, 0.1) is 0 Å². The lowest BCUT2D eigenvalue weighted by molar-refractivity contribution is -0.119. The van der Waals surface area contributed by atoms with E-state index >= 15 is 0 Å². The summed E-state index contributed by atoms with van der Waals surface area (Å²) in [6, 6.07) is 5.80. The number of halogens is 1. The minimum absolute atomic E-state index is 0.0963. The van der Waals surface area contributed by atoms with E-state index in [9.17, 15) is 4.79 Å². The molecular weight excluding hydrogens is 212 g/mol. The van der Waals surface area contributed by atoms with Gasteiger partial charge in [-0.1, -0.05) is 23.7 Å². The van der Waals surface area contributed by atoms with E-state index in [1.165, 1.54) is 0 Å². The van der Waals surface area contributed by atoms with Gasteiger partial charge in [0, 0.05) is 30.5 Å². The van der Waals surface area contributed by atoms with Crippen LogP contribution in [-0.2, 0) is 11.3 Å². The molecular formula is C11H13ClN2O. The molecule has 1 aliphatic rings. The molecule has 1 aromatic carbocycles. The molecule has 0 aromatic heterocycles. The standard InChI is InChI=1S/C11H13ClN2O/c12-10-3-7(5-13)1-2-9(10)8-4-11(15)14-6-8/h1-3,8H,4-6,13H2,(H,14,15)/t8-/m1/s1. The molecule has 0 unspecified atom stereocenters. The number of benzene rings is 1. The third kappa shape index (κ3) is 2.13. The lowest BCUT2D eigenvalue weighted by Gasteiger charge is -2.10. The van der Waals surface area contributed by atoms with Crippen molar-refractivity contribution < 1.29 is 4.79 Å². The summed E-state index contributed by atoms with van der Waals surface area (Å²) in [5.74, 6) is 0.302. The van der Waals surface area contributed by atoms with Crippen molar-refractivity contribution >= 4 is 17.5 Å². The summed E-state index contributed by atoms with van der Waals surface area (Å²) in [6.45, 7) is 1.17. The van der Waals surface area contributed by atoms with Crippen molar-refractivity contribution in [1.82, 2.24) is 5.32 Å². The van der Waals surface area contributed by atoms with Gasteiger partial charge in [-0.05, 0) is 17.2 Å². The fourth-order valence-electron chi connectivity index (χ4n) is 1.85. The van der Waals surface area contributed by atoms with Crippen LogP contribution >= 0.6 is 11.6 Å². The summed E-state index contributed by atoms with van der Waals surface area (Å²) in [4.78, 5) is 11.1. The first kappa shape index (κ1) is 10.5. The summed E-state index contributed by atoms with van der Waals surface area (Å²) in [5, 5.41) is 3.51.